The Labute approximate surface area is 166 Å². The summed E-state index contributed by atoms with van der Waals surface area (Å²) >= 11 is 0. The van der Waals surface area contributed by atoms with Gasteiger partial charge in [-0.25, -0.2) is 9.37 Å². The monoisotopic (exact) mass is 390 g/mol. The average Bonchev–Trinajstić information content (AvgIpc) is 3.38. The zero-order chi connectivity index (χ0) is 20.4. The molecule has 3 N–H and O–H groups in total. The molecular weight excluding hydrogens is 371 g/mol. The van der Waals surface area contributed by atoms with Crippen molar-refractivity contribution in [3.63, 3.8) is 0 Å². The van der Waals surface area contributed by atoms with Crippen LogP contribution in [-0.2, 0) is 4.79 Å². The van der Waals surface area contributed by atoms with Crippen molar-refractivity contribution in [1.82, 2.24) is 19.7 Å². The van der Waals surface area contributed by atoms with Gasteiger partial charge >= 0.3 is 0 Å². The molecule has 4 rings (SSSR count). The maximum atomic E-state index is 14.2. The summed E-state index contributed by atoms with van der Waals surface area (Å²) in [5.41, 5.74) is 4.32. The summed E-state index contributed by atoms with van der Waals surface area (Å²) in [4.78, 5) is 15.2. The molecule has 0 radical (unpaired) electrons. The van der Waals surface area contributed by atoms with Crippen molar-refractivity contribution >= 4 is 23.1 Å². The van der Waals surface area contributed by atoms with Crippen molar-refractivity contribution in [2.24, 2.45) is 0 Å². The first-order chi connectivity index (χ1) is 14.0. The number of nitrogens with zero attached hydrogens (tertiary/aromatic N) is 3. The Balaban J connectivity index is 1.52. The number of carbonyl (C=O) groups is 1. The van der Waals surface area contributed by atoms with Crippen LogP contribution >= 0.6 is 0 Å². The number of H-pyrrole nitrogens is 1. The van der Waals surface area contributed by atoms with Crippen molar-refractivity contribution in [3.05, 3.63) is 72.6 Å². The van der Waals surface area contributed by atoms with E-state index in [4.69, 9.17) is 0 Å². The zero-order valence-electron chi connectivity index (χ0n) is 15.9. The molecule has 0 saturated carbocycles. The number of aromatic amines is 1. The summed E-state index contributed by atoms with van der Waals surface area (Å²) in [7, 11) is 0. The molecule has 0 unspecified atom stereocenters. The number of carbonyl (C=O) groups excluding carboxylic acids is 1. The van der Waals surface area contributed by atoms with Gasteiger partial charge in [0.25, 0.3) is 0 Å². The third kappa shape index (κ3) is 4.01. The molecule has 0 aliphatic heterocycles. The molecule has 0 aliphatic rings. The highest BCUT2D eigenvalue weighted by atomic mass is 19.1. The molecule has 29 heavy (non-hydrogen) atoms. The molecule has 0 aliphatic carbocycles. The van der Waals surface area contributed by atoms with Crippen molar-refractivity contribution in [3.8, 4) is 16.9 Å². The number of nitrogens with one attached hydrogen (secondary N) is 3. The SMILES string of the molecule is CC(=O)Nc1cc(C)c(Nc2cc(-c3ccc(-n4ccnc4)cc3)[nH]n2)cc1F. The van der Waals surface area contributed by atoms with Gasteiger partial charge in [0, 0.05) is 36.8 Å². The molecule has 146 valence electrons. The van der Waals surface area contributed by atoms with E-state index < -0.39 is 5.82 Å². The number of rotatable bonds is 5. The fourth-order valence-corrected chi connectivity index (χ4v) is 3.00. The number of halogens is 1. The number of aromatic nitrogens is 4. The van der Waals surface area contributed by atoms with Crippen LogP contribution in [0.1, 0.15) is 12.5 Å². The Morgan fingerprint density at radius 2 is 1.93 bits per heavy atom. The quantitative estimate of drug-likeness (QED) is 0.471. The molecule has 2 aromatic carbocycles. The number of anilines is 3. The largest absolute Gasteiger partial charge is 0.338 e. The summed E-state index contributed by atoms with van der Waals surface area (Å²) < 4.78 is 16.2. The molecule has 1 amide bonds. The van der Waals surface area contributed by atoms with Gasteiger partial charge in [0.2, 0.25) is 5.91 Å². The standard InChI is InChI=1S/C21H19FN6O/c1-13-9-20(24-14(2)29)17(22)10-18(13)25-21-11-19(26-27-21)15-3-5-16(6-4-15)28-8-7-23-12-28/h3-12H,1-2H3,(H,24,29)(H2,25,26,27). The van der Waals surface area contributed by atoms with Gasteiger partial charge < -0.3 is 15.2 Å². The van der Waals surface area contributed by atoms with E-state index in [-0.39, 0.29) is 11.6 Å². The van der Waals surface area contributed by atoms with Crippen molar-refractivity contribution in [2.45, 2.75) is 13.8 Å². The summed E-state index contributed by atoms with van der Waals surface area (Å²) in [6, 6.07) is 12.7. The number of hydrogen-bond acceptors (Lipinski definition) is 4. The van der Waals surface area contributed by atoms with E-state index in [1.54, 1.807) is 18.6 Å². The maximum Gasteiger partial charge on any atom is 0.221 e. The van der Waals surface area contributed by atoms with Gasteiger partial charge in [0.05, 0.1) is 17.7 Å². The molecular formula is C21H19FN6O. The highest BCUT2D eigenvalue weighted by Gasteiger charge is 2.11. The first-order valence-electron chi connectivity index (χ1n) is 8.98. The molecule has 4 aromatic rings. The lowest BCUT2D eigenvalue weighted by atomic mass is 10.1. The Morgan fingerprint density at radius 3 is 2.62 bits per heavy atom. The van der Waals surface area contributed by atoms with Gasteiger partial charge in [-0.15, -0.1) is 0 Å². The predicted molar refractivity (Wildman–Crippen MR) is 110 cm³/mol. The highest BCUT2D eigenvalue weighted by Crippen LogP contribution is 2.28. The summed E-state index contributed by atoms with van der Waals surface area (Å²) in [6.07, 6.45) is 5.35. The molecule has 7 nitrogen and oxygen atoms in total. The van der Waals surface area contributed by atoms with Crippen LogP contribution in [0, 0.1) is 12.7 Å². The van der Waals surface area contributed by atoms with Gasteiger partial charge in [-0.1, -0.05) is 12.1 Å². The second-order valence-corrected chi connectivity index (χ2v) is 6.64. The number of imidazole rings is 1. The smallest absolute Gasteiger partial charge is 0.221 e. The lowest BCUT2D eigenvalue weighted by molar-refractivity contribution is -0.114. The van der Waals surface area contributed by atoms with Crippen LogP contribution in [0.25, 0.3) is 16.9 Å². The Morgan fingerprint density at radius 1 is 1.14 bits per heavy atom. The third-order valence-corrected chi connectivity index (χ3v) is 4.45. The van der Waals surface area contributed by atoms with Crippen LogP contribution in [0.2, 0.25) is 0 Å². The molecule has 2 heterocycles. The van der Waals surface area contributed by atoms with E-state index >= 15 is 0 Å². The molecule has 2 aromatic heterocycles. The molecule has 0 saturated heterocycles. The second-order valence-electron chi connectivity index (χ2n) is 6.64. The van der Waals surface area contributed by atoms with Crippen LogP contribution in [0.4, 0.5) is 21.6 Å². The van der Waals surface area contributed by atoms with Crippen LogP contribution in [0.5, 0.6) is 0 Å². The Bertz CT molecular complexity index is 1150. The van der Waals surface area contributed by atoms with Gasteiger partial charge in [-0.3, -0.25) is 9.89 Å². The van der Waals surface area contributed by atoms with E-state index in [0.29, 0.717) is 11.5 Å². The van der Waals surface area contributed by atoms with E-state index in [1.807, 2.05) is 48.0 Å². The van der Waals surface area contributed by atoms with Gasteiger partial charge in [-0.2, -0.15) is 5.10 Å². The minimum atomic E-state index is -0.515. The van der Waals surface area contributed by atoms with E-state index in [1.165, 1.54) is 13.0 Å². The fraction of sp³-hybridized carbons (Fsp3) is 0.0952. The van der Waals surface area contributed by atoms with E-state index in [0.717, 1.165) is 22.5 Å². The highest BCUT2D eigenvalue weighted by molar-refractivity contribution is 5.89. The van der Waals surface area contributed by atoms with Crippen molar-refractivity contribution in [1.29, 1.82) is 0 Å². The lowest BCUT2D eigenvalue weighted by Gasteiger charge is -2.11. The molecule has 0 fully saturated rings. The van der Waals surface area contributed by atoms with Crippen molar-refractivity contribution < 1.29 is 9.18 Å². The Hall–Kier alpha value is -3.94. The summed E-state index contributed by atoms with van der Waals surface area (Å²) in [5, 5.41) is 12.8. The van der Waals surface area contributed by atoms with E-state index in [9.17, 15) is 9.18 Å². The number of amides is 1. The lowest BCUT2D eigenvalue weighted by Crippen LogP contribution is -2.08. The van der Waals surface area contributed by atoms with Crippen LogP contribution in [-0.4, -0.2) is 25.7 Å². The van der Waals surface area contributed by atoms with Crippen LogP contribution in [0.3, 0.4) is 0 Å². The van der Waals surface area contributed by atoms with Crippen molar-refractivity contribution in [2.75, 3.05) is 10.6 Å². The van der Waals surface area contributed by atoms with Gasteiger partial charge in [-0.05, 0) is 42.3 Å². The number of aryl methyl sites for hydroxylation is 1. The molecule has 8 heteroatoms. The number of hydrogen-bond donors (Lipinski definition) is 3. The molecule has 0 bridgehead atoms. The minimum absolute atomic E-state index is 0.154. The van der Waals surface area contributed by atoms with Gasteiger partial charge in [0.1, 0.15) is 5.82 Å². The van der Waals surface area contributed by atoms with Crippen LogP contribution < -0.4 is 10.6 Å². The fourth-order valence-electron chi connectivity index (χ4n) is 3.00. The maximum absolute atomic E-state index is 14.2. The first kappa shape index (κ1) is 18.4. The number of benzene rings is 2. The third-order valence-electron chi connectivity index (χ3n) is 4.45. The van der Waals surface area contributed by atoms with E-state index in [2.05, 4.69) is 25.8 Å². The topological polar surface area (TPSA) is 87.6 Å². The summed E-state index contributed by atoms with van der Waals surface area (Å²) in [6.45, 7) is 3.17. The first-order valence-corrected chi connectivity index (χ1v) is 8.98. The van der Waals surface area contributed by atoms with Gasteiger partial charge in [0.15, 0.2) is 5.82 Å². The van der Waals surface area contributed by atoms with Crippen LogP contribution in [0.15, 0.2) is 61.2 Å². The molecule has 0 spiro atoms. The average molecular weight is 390 g/mol. The molecule has 0 atom stereocenters. The Kier molecular flexibility index (Phi) is 4.82. The zero-order valence-corrected chi connectivity index (χ0v) is 15.9. The second kappa shape index (κ2) is 7.59. The normalized spacial score (nSPS) is 10.7. The summed E-state index contributed by atoms with van der Waals surface area (Å²) in [5.74, 6) is -0.271. The predicted octanol–water partition coefficient (Wildman–Crippen LogP) is 4.41. The minimum Gasteiger partial charge on any atom is -0.338 e.